The Morgan fingerprint density at radius 3 is 2.52 bits per heavy atom. The number of aryl methyl sites for hydroxylation is 3. The minimum absolute atomic E-state index is 0.0832. The molecule has 1 saturated heterocycles. The summed E-state index contributed by atoms with van der Waals surface area (Å²) >= 11 is 0. The molecule has 1 aliphatic rings. The second-order valence-corrected chi connectivity index (χ2v) is 7.32. The fourth-order valence-electron chi connectivity index (χ4n) is 3.38. The molecule has 2 N–H and O–H groups in total. The van der Waals surface area contributed by atoms with Crippen LogP contribution in [0.3, 0.4) is 0 Å². The summed E-state index contributed by atoms with van der Waals surface area (Å²) in [4.78, 5) is 26.4. The maximum Gasteiger partial charge on any atom is 0.246 e. The van der Waals surface area contributed by atoms with Gasteiger partial charge in [0, 0.05) is 30.0 Å². The minimum atomic E-state index is -0.386. The number of nitrogens with zero attached hydrogens (tertiary/aromatic N) is 1. The predicted octanol–water partition coefficient (Wildman–Crippen LogP) is 4.18. The van der Waals surface area contributed by atoms with Crippen LogP contribution in [0.5, 0.6) is 0 Å². The Morgan fingerprint density at radius 1 is 1.07 bits per heavy atom. The quantitative estimate of drug-likeness (QED) is 0.836. The summed E-state index contributed by atoms with van der Waals surface area (Å²) in [6, 6.07) is 11.5. The molecule has 0 aliphatic carbocycles. The van der Waals surface area contributed by atoms with E-state index in [1.54, 1.807) is 0 Å². The van der Waals surface area contributed by atoms with E-state index in [1.807, 2.05) is 69.0 Å². The highest BCUT2D eigenvalue weighted by molar-refractivity contribution is 5.98. The molecule has 5 heteroatoms. The van der Waals surface area contributed by atoms with E-state index in [9.17, 15) is 9.59 Å². The number of benzene rings is 2. The van der Waals surface area contributed by atoms with Crippen molar-refractivity contribution in [2.24, 2.45) is 0 Å². The predicted molar refractivity (Wildman–Crippen MR) is 110 cm³/mol. The fourth-order valence-corrected chi connectivity index (χ4v) is 3.38. The van der Waals surface area contributed by atoms with Gasteiger partial charge in [-0.05, 0) is 75.1 Å². The third-order valence-electron chi connectivity index (χ3n) is 4.99. The van der Waals surface area contributed by atoms with E-state index in [0.29, 0.717) is 6.42 Å². The Morgan fingerprint density at radius 2 is 1.85 bits per heavy atom. The molecule has 1 unspecified atom stereocenters. The smallest absolute Gasteiger partial charge is 0.246 e. The van der Waals surface area contributed by atoms with Crippen molar-refractivity contribution in [2.45, 2.75) is 46.6 Å². The monoisotopic (exact) mass is 365 g/mol. The molecule has 3 rings (SSSR count). The molecule has 0 aromatic heterocycles. The lowest BCUT2D eigenvalue weighted by atomic mass is 10.1. The largest absolute Gasteiger partial charge is 0.374 e. The molecule has 0 saturated carbocycles. The summed E-state index contributed by atoms with van der Waals surface area (Å²) < 4.78 is 0. The van der Waals surface area contributed by atoms with Gasteiger partial charge in [0.2, 0.25) is 11.8 Å². The first kappa shape index (κ1) is 19.0. The Bertz CT molecular complexity index is 876. The zero-order valence-electron chi connectivity index (χ0n) is 16.4. The fraction of sp³-hybridized carbons (Fsp3) is 0.364. The second-order valence-electron chi connectivity index (χ2n) is 7.32. The van der Waals surface area contributed by atoms with Gasteiger partial charge in [-0.2, -0.15) is 0 Å². The van der Waals surface area contributed by atoms with E-state index in [2.05, 4.69) is 10.6 Å². The van der Waals surface area contributed by atoms with Crippen molar-refractivity contribution >= 4 is 28.9 Å². The van der Waals surface area contributed by atoms with E-state index in [4.69, 9.17) is 0 Å². The van der Waals surface area contributed by atoms with Crippen molar-refractivity contribution < 1.29 is 9.59 Å². The van der Waals surface area contributed by atoms with Gasteiger partial charge in [0.15, 0.2) is 0 Å². The highest BCUT2D eigenvalue weighted by Crippen LogP contribution is 2.27. The SMILES string of the molecule is Cc1ccc(C)c(NC(=O)C(C)Nc2ccc(N3CCCC3=O)c(C)c2)c1. The Balaban J connectivity index is 1.67. The van der Waals surface area contributed by atoms with Crippen molar-refractivity contribution in [1.82, 2.24) is 0 Å². The van der Waals surface area contributed by atoms with Crippen LogP contribution in [-0.4, -0.2) is 24.4 Å². The lowest BCUT2D eigenvalue weighted by molar-refractivity contribution is -0.117. The number of carbonyl (C=O) groups is 2. The minimum Gasteiger partial charge on any atom is -0.374 e. The molecule has 0 spiro atoms. The number of rotatable bonds is 5. The van der Waals surface area contributed by atoms with Gasteiger partial charge in [0.05, 0.1) is 0 Å². The van der Waals surface area contributed by atoms with Gasteiger partial charge in [0.1, 0.15) is 6.04 Å². The summed E-state index contributed by atoms with van der Waals surface area (Å²) in [5.74, 6) is 0.0974. The van der Waals surface area contributed by atoms with Crippen LogP contribution in [-0.2, 0) is 9.59 Å². The van der Waals surface area contributed by atoms with E-state index >= 15 is 0 Å². The van der Waals surface area contributed by atoms with Crippen LogP contribution in [0, 0.1) is 20.8 Å². The summed E-state index contributed by atoms with van der Waals surface area (Å²) in [6.45, 7) is 8.60. The van der Waals surface area contributed by atoms with Crippen molar-refractivity contribution in [3.8, 4) is 0 Å². The van der Waals surface area contributed by atoms with Crippen LogP contribution in [0.4, 0.5) is 17.1 Å². The average molecular weight is 365 g/mol. The molecular weight excluding hydrogens is 338 g/mol. The second kappa shape index (κ2) is 7.82. The van der Waals surface area contributed by atoms with Crippen LogP contribution in [0.15, 0.2) is 36.4 Å². The van der Waals surface area contributed by atoms with E-state index in [-0.39, 0.29) is 17.9 Å². The first-order valence-corrected chi connectivity index (χ1v) is 9.41. The highest BCUT2D eigenvalue weighted by atomic mass is 16.2. The number of hydrogen-bond acceptors (Lipinski definition) is 3. The lowest BCUT2D eigenvalue weighted by Gasteiger charge is -2.21. The molecule has 1 atom stereocenters. The Labute approximate surface area is 160 Å². The molecule has 2 amide bonds. The Hall–Kier alpha value is -2.82. The molecule has 1 fully saturated rings. The number of nitrogens with one attached hydrogen (secondary N) is 2. The molecular formula is C22H27N3O2. The molecule has 5 nitrogen and oxygen atoms in total. The van der Waals surface area contributed by atoms with Crippen molar-refractivity contribution in [3.63, 3.8) is 0 Å². The van der Waals surface area contributed by atoms with Crippen LogP contribution in [0.2, 0.25) is 0 Å². The normalized spacial score (nSPS) is 15.0. The zero-order chi connectivity index (χ0) is 19.6. The molecule has 1 aliphatic heterocycles. The van der Waals surface area contributed by atoms with Gasteiger partial charge in [-0.25, -0.2) is 0 Å². The van der Waals surface area contributed by atoms with Gasteiger partial charge in [-0.15, -0.1) is 0 Å². The standard InChI is InChI=1S/C22H27N3O2/c1-14-7-8-15(2)19(12-14)24-22(27)17(4)23-18-9-10-20(16(3)13-18)25-11-5-6-21(25)26/h7-10,12-13,17,23H,5-6,11H2,1-4H3,(H,24,27). The van der Waals surface area contributed by atoms with Gasteiger partial charge in [0.25, 0.3) is 0 Å². The number of hydrogen-bond donors (Lipinski definition) is 2. The molecule has 2 aromatic rings. The molecule has 0 bridgehead atoms. The molecule has 1 heterocycles. The molecule has 27 heavy (non-hydrogen) atoms. The van der Waals surface area contributed by atoms with Gasteiger partial charge < -0.3 is 15.5 Å². The van der Waals surface area contributed by atoms with Crippen LogP contribution >= 0.6 is 0 Å². The van der Waals surface area contributed by atoms with Crippen molar-refractivity contribution in [3.05, 3.63) is 53.1 Å². The summed E-state index contributed by atoms with van der Waals surface area (Å²) in [6.07, 6.45) is 1.53. The number of anilines is 3. The third-order valence-corrected chi connectivity index (χ3v) is 4.99. The highest BCUT2D eigenvalue weighted by Gasteiger charge is 2.23. The summed E-state index contributed by atoms with van der Waals surface area (Å²) in [7, 11) is 0. The van der Waals surface area contributed by atoms with Crippen molar-refractivity contribution in [2.75, 3.05) is 22.1 Å². The van der Waals surface area contributed by atoms with Crippen molar-refractivity contribution in [1.29, 1.82) is 0 Å². The van der Waals surface area contributed by atoms with Crippen LogP contribution in [0.25, 0.3) is 0 Å². The average Bonchev–Trinajstić information content (AvgIpc) is 3.04. The molecule has 0 radical (unpaired) electrons. The Kier molecular flexibility index (Phi) is 5.49. The van der Waals surface area contributed by atoms with Gasteiger partial charge >= 0.3 is 0 Å². The van der Waals surface area contributed by atoms with Crippen LogP contribution < -0.4 is 15.5 Å². The maximum atomic E-state index is 12.6. The molecule has 2 aromatic carbocycles. The number of carbonyl (C=O) groups excluding carboxylic acids is 2. The maximum absolute atomic E-state index is 12.6. The first-order valence-electron chi connectivity index (χ1n) is 9.41. The summed E-state index contributed by atoms with van der Waals surface area (Å²) in [5, 5.41) is 6.24. The van der Waals surface area contributed by atoms with E-state index < -0.39 is 0 Å². The van der Waals surface area contributed by atoms with Gasteiger partial charge in [-0.1, -0.05) is 12.1 Å². The zero-order valence-corrected chi connectivity index (χ0v) is 16.4. The molecule has 142 valence electrons. The topological polar surface area (TPSA) is 61.4 Å². The lowest BCUT2D eigenvalue weighted by Crippen LogP contribution is -2.32. The van der Waals surface area contributed by atoms with E-state index in [1.165, 1.54) is 0 Å². The first-order chi connectivity index (χ1) is 12.8. The van der Waals surface area contributed by atoms with E-state index in [0.717, 1.165) is 46.7 Å². The van der Waals surface area contributed by atoms with Gasteiger partial charge in [-0.3, -0.25) is 9.59 Å². The number of amides is 2. The third kappa shape index (κ3) is 4.30. The summed E-state index contributed by atoms with van der Waals surface area (Å²) in [5.41, 5.74) is 5.84. The van der Waals surface area contributed by atoms with Crippen LogP contribution in [0.1, 0.15) is 36.5 Å².